The van der Waals surface area contributed by atoms with Gasteiger partial charge in [0.15, 0.2) is 5.82 Å². The quantitative estimate of drug-likeness (QED) is 0.705. The molecule has 0 aliphatic heterocycles. The van der Waals surface area contributed by atoms with Crippen molar-refractivity contribution in [2.24, 2.45) is 0 Å². The van der Waals surface area contributed by atoms with Crippen molar-refractivity contribution in [2.45, 2.75) is 50.2 Å². The summed E-state index contributed by atoms with van der Waals surface area (Å²) in [5, 5.41) is 9.17. The number of rotatable bonds is 8. The van der Waals surface area contributed by atoms with Crippen molar-refractivity contribution < 1.29 is 14.1 Å². The molecule has 2 N–H and O–H groups in total. The number of benzene rings is 1. The van der Waals surface area contributed by atoms with Gasteiger partial charge in [0.05, 0.1) is 11.0 Å². The summed E-state index contributed by atoms with van der Waals surface area (Å²) in [5.41, 5.74) is 1.34. The van der Waals surface area contributed by atoms with Crippen LogP contribution in [0.4, 0.5) is 5.82 Å². The molecule has 3 rings (SSSR count). The molecule has 2 aromatic rings. The third-order valence-electron chi connectivity index (χ3n) is 5.28. The highest BCUT2D eigenvalue weighted by atomic mass is 32.2. The van der Waals surface area contributed by atoms with Gasteiger partial charge in [0.25, 0.3) is 0 Å². The van der Waals surface area contributed by atoms with Gasteiger partial charge in [-0.25, -0.2) is 0 Å². The Hall–Kier alpha value is -2.28. The fourth-order valence-electron chi connectivity index (χ4n) is 3.66. The number of anilines is 1. The summed E-state index contributed by atoms with van der Waals surface area (Å²) in [6.07, 6.45) is 4.58. The molecule has 6 nitrogen and oxygen atoms in total. The molecule has 1 aromatic heterocycles. The first-order valence-corrected chi connectivity index (χ1v) is 10.7. The molecule has 150 valence electrons. The number of carbonyl (C=O) groups excluding carboxylic acids is 2. The maximum atomic E-state index is 12.4. The predicted molar refractivity (Wildman–Crippen MR) is 111 cm³/mol. The highest BCUT2D eigenvalue weighted by molar-refractivity contribution is 8.01. The van der Waals surface area contributed by atoms with E-state index >= 15 is 0 Å². The van der Waals surface area contributed by atoms with Crippen LogP contribution in [-0.2, 0) is 15.0 Å². The van der Waals surface area contributed by atoms with Crippen molar-refractivity contribution in [1.82, 2.24) is 10.5 Å². The zero-order chi connectivity index (χ0) is 20.0. The summed E-state index contributed by atoms with van der Waals surface area (Å²) in [7, 11) is 0. The minimum atomic E-state index is -0.364. The number of thioether (sulfide) groups is 1. The average molecular weight is 402 g/mol. The Labute approximate surface area is 169 Å². The summed E-state index contributed by atoms with van der Waals surface area (Å²) in [4.78, 5) is 24.6. The summed E-state index contributed by atoms with van der Waals surface area (Å²) >= 11 is 1.31. The zero-order valence-electron chi connectivity index (χ0n) is 16.4. The third-order valence-corrected chi connectivity index (χ3v) is 6.43. The van der Waals surface area contributed by atoms with Crippen LogP contribution in [0.1, 0.15) is 43.9 Å². The lowest BCUT2D eigenvalue weighted by atomic mass is 9.79. The van der Waals surface area contributed by atoms with E-state index in [-0.39, 0.29) is 28.2 Å². The standard InChI is InChI=1S/C21H27N3O3S/c1-15-12-18(24-27-15)23-20(26)16(2)28-13-19(25)22-14-21(10-6-7-11-21)17-8-4-3-5-9-17/h3-5,8-9,12,16H,6-7,10-11,13-14H2,1-2H3,(H,22,25)(H,23,24,26). The molecule has 1 aliphatic carbocycles. The number of hydrogen-bond donors (Lipinski definition) is 2. The predicted octanol–water partition coefficient (Wildman–Crippen LogP) is 3.67. The SMILES string of the molecule is Cc1cc(NC(=O)C(C)SCC(=O)NCC2(c3ccccc3)CCCC2)no1. The largest absolute Gasteiger partial charge is 0.360 e. The lowest BCUT2D eigenvalue weighted by Gasteiger charge is -2.30. The maximum Gasteiger partial charge on any atom is 0.238 e. The first-order valence-electron chi connectivity index (χ1n) is 9.66. The van der Waals surface area contributed by atoms with E-state index in [1.54, 1.807) is 19.9 Å². The highest BCUT2D eigenvalue weighted by Crippen LogP contribution is 2.40. The van der Waals surface area contributed by atoms with Crippen LogP contribution in [-0.4, -0.2) is 34.5 Å². The van der Waals surface area contributed by atoms with Crippen molar-refractivity contribution in [2.75, 3.05) is 17.6 Å². The van der Waals surface area contributed by atoms with Gasteiger partial charge in [0.1, 0.15) is 5.76 Å². The summed E-state index contributed by atoms with van der Waals surface area (Å²) in [5.74, 6) is 1.04. The number of hydrogen-bond acceptors (Lipinski definition) is 5. The van der Waals surface area contributed by atoms with Crippen LogP contribution in [0, 0.1) is 6.92 Å². The summed E-state index contributed by atoms with van der Waals surface area (Å²) in [6.45, 7) is 4.19. The normalized spacial score (nSPS) is 16.5. The smallest absolute Gasteiger partial charge is 0.238 e. The van der Waals surface area contributed by atoms with Crippen molar-refractivity contribution in [3.63, 3.8) is 0 Å². The summed E-state index contributed by atoms with van der Waals surface area (Å²) in [6, 6.07) is 12.1. The molecule has 1 aromatic carbocycles. The Balaban J connectivity index is 1.46. The molecule has 1 atom stereocenters. The molecule has 0 radical (unpaired) electrons. The van der Waals surface area contributed by atoms with Gasteiger partial charge in [-0.3, -0.25) is 9.59 Å². The number of aromatic nitrogens is 1. The second-order valence-corrected chi connectivity index (χ2v) is 8.72. The van der Waals surface area contributed by atoms with Crippen LogP contribution in [0.5, 0.6) is 0 Å². The molecular formula is C21H27N3O3S. The van der Waals surface area contributed by atoms with Gasteiger partial charge in [-0.2, -0.15) is 0 Å². The van der Waals surface area contributed by atoms with Crippen LogP contribution < -0.4 is 10.6 Å². The van der Waals surface area contributed by atoms with E-state index in [9.17, 15) is 9.59 Å². The van der Waals surface area contributed by atoms with E-state index in [0.29, 0.717) is 18.1 Å². The Bertz CT molecular complexity index is 800. The van der Waals surface area contributed by atoms with Gasteiger partial charge >= 0.3 is 0 Å². The number of amides is 2. The molecule has 1 unspecified atom stereocenters. The van der Waals surface area contributed by atoms with Gasteiger partial charge < -0.3 is 15.2 Å². The third kappa shape index (κ3) is 5.16. The van der Waals surface area contributed by atoms with E-state index in [0.717, 1.165) is 12.8 Å². The molecule has 0 spiro atoms. The highest BCUT2D eigenvalue weighted by Gasteiger charge is 2.35. The molecule has 1 fully saturated rings. The Morgan fingerprint density at radius 2 is 1.96 bits per heavy atom. The minimum absolute atomic E-state index is 0.0371. The minimum Gasteiger partial charge on any atom is -0.360 e. The Morgan fingerprint density at radius 1 is 1.25 bits per heavy atom. The van der Waals surface area contributed by atoms with E-state index in [1.165, 1.54) is 30.2 Å². The Kier molecular flexibility index (Phi) is 6.78. The van der Waals surface area contributed by atoms with Crippen molar-refractivity contribution in [3.8, 4) is 0 Å². The molecule has 28 heavy (non-hydrogen) atoms. The van der Waals surface area contributed by atoms with Gasteiger partial charge in [0, 0.05) is 18.0 Å². The van der Waals surface area contributed by atoms with Crippen molar-refractivity contribution in [1.29, 1.82) is 0 Å². The molecule has 1 saturated carbocycles. The van der Waals surface area contributed by atoms with E-state index in [4.69, 9.17) is 4.52 Å². The first kappa shape index (κ1) is 20.5. The lowest BCUT2D eigenvalue weighted by Crippen LogP contribution is -2.40. The number of nitrogens with one attached hydrogen (secondary N) is 2. The number of carbonyl (C=O) groups is 2. The van der Waals surface area contributed by atoms with Crippen LogP contribution in [0.3, 0.4) is 0 Å². The van der Waals surface area contributed by atoms with Crippen LogP contribution in [0.2, 0.25) is 0 Å². The van der Waals surface area contributed by atoms with Crippen LogP contribution in [0.15, 0.2) is 40.9 Å². The number of aryl methyl sites for hydroxylation is 1. The fourth-order valence-corrected chi connectivity index (χ4v) is 4.37. The molecule has 1 heterocycles. The first-order chi connectivity index (χ1) is 13.5. The second kappa shape index (κ2) is 9.28. The fraction of sp³-hybridized carbons (Fsp3) is 0.476. The van der Waals surface area contributed by atoms with Gasteiger partial charge in [-0.15, -0.1) is 11.8 Å². The van der Waals surface area contributed by atoms with Crippen LogP contribution in [0.25, 0.3) is 0 Å². The van der Waals surface area contributed by atoms with Crippen molar-refractivity contribution in [3.05, 3.63) is 47.7 Å². The van der Waals surface area contributed by atoms with E-state index in [2.05, 4.69) is 40.1 Å². The van der Waals surface area contributed by atoms with E-state index in [1.807, 2.05) is 6.07 Å². The monoisotopic (exact) mass is 401 g/mol. The van der Waals surface area contributed by atoms with Crippen LogP contribution >= 0.6 is 11.8 Å². The maximum absolute atomic E-state index is 12.4. The molecular weight excluding hydrogens is 374 g/mol. The molecule has 2 amide bonds. The second-order valence-electron chi connectivity index (χ2n) is 7.40. The average Bonchev–Trinajstić information content (AvgIpc) is 3.35. The zero-order valence-corrected chi connectivity index (χ0v) is 17.2. The molecule has 0 saturated heterocycles. The number of nitrogens with zero attached hydrogens (tertiary/aromatic N) is 1. The van der Waals surface area contributed by atoms with Gasteiger partial charge in [0.2, 0.25) is 11.8 Å². The molecule has 0 bridgehead atoms. The lowest BCUT2D eigenvalue weighted by molar-refractivity contribution is -0.118. The topological polar surface area (TPSA) is 84.2 Å². The van der Waals surface area contributed by atoms with Crippen molar-refractivity contribution >= 4 is 29.4 Å². The molecule has 7 heteroatoms. The van der Waals surface area contributed by atoms with Gasteiger partial charge in [-0.05, 0) is 32.3 Å². The van der Waals surface area contributed by atoms with E-state index < -0.39 is 0 Å². The van der Waals surface area contributed by atoms with Gasteiger partial charge in [-0.1, -0.05) is 48.3 Å². The Morgan fingerprint density at radius 3 is 2.61 bits per heavy atom. The molecule has 1 aliphatic rings. The summed E-state index contributed by atoms with van der Waals surface area (Å²) < 4.78 is 4.93.